The number of thiophene rings is 2. The molecule has 0 fully saturated rings. The first kappa shape index (κ1) is 32.2. The van der Waals surface area contributed by atoms with Gasteiger partial charge >= 0.3 is 0 Å². The average Bonchev–Trinajstić information content (AvgIpc) is 3.83. The Morgan fingerprint density at radius 3 is 1.80 bits per heavy atom. The van der Waals surface area contributed by atoms with E-state index in [0.717, 1.165) is 6.42 Å². The molecule has 55 heavy (non-hydrogen) atoms. The second-order valence-electron chi connectivity index (χ2n) is 14.4. The van der Waals surface area contributed by atoms with Crippen molar-refractivity contribution in [3.8, 4) is 22.3 Å². The Morgan fingerprint density at radius 1 is 0.455 bits per heavy atom. The van der Waals surface area contributed by atoms with Crippen LogP contribution in [-0.2, 0) is 0 Å². The van der Waals surface area contributed by atoms with Crippen LogP contribution in [0.2, 0.25) is 0 Å². The van der Waals surface area contributed by atoms with Crippen LogP contribution in [0.5, 0.6) is 0 Å². The van der Waals surface area contributed by atoms with E-state index in [1.54, 1.807) is 0 Å². The molecule has 0 amide bonds. The van der Waals surface area contributed by atoms with Gasteiger partial charge in [-0.2, -0.15) is 0 Å². The lowest BCUT2D eigenvalue weighted by atomic mass is 9.88. The fourth-order valence-electron chi connectivity index (χ4n) is 8.65. The van der Waals surface area contributed by atoms with Crippen molar-refractivity contribution in [1.82, 2.24) is 0 Å². The zero-order chi connectivity index (χ0) is 36.3. The van der Waals surface area contributed by atoms with Gasteiger partial charge in [-0.05, 0) is 75.9 Å². The highest BCUT2D eigenvalue weighted by atomic mass is 32.1. The first-order chi connectivity index (χ1) is 27.3. The Hall–Kier alpha value is -6.26. The third kappa shape index (κ3) is 5.42. The van der Waals surface area contributed by atoms with E-state index in [4.69, 9.17) is 0 Å². The minimum atomic E-state index is 0.0649. The van der Waals surface area contributed by atoms with Gasteiger partial charge in [0.1, 0.15) is 0 Å². The van der Waals surface area contributed by atoms with E-state index in [1.165, 1.54) is 95.9 Å². The number of hydrogen-bond donors (Lipinski definition) is 0. The molecule has 0 bridgehead atoms. The fourth-order valence-corrected chi connectivity index (χ4v) is 11.1. The quantitative estimate of drug-likeness (QED) is 0.164. The molecular formula is C52H35NS2. The maximum Gasteiger partial charge on any atom is 0.0632 e. The Kier molecular flexibility index (Phi) is 7.75. The fraction of sp³-hybridized carbons (Fsp3) is 0.0385. The lowest BCUT2D eigenvalue weighted by Crippen LogP contribution is -2.33. The van der Waals surface area contributed by atoms with Gasteiger partial charge in [-0.1, -0.05) is 158 Å². The molecule has 0 spiro atoms. The van der Waals surface area contributed by atoms with Crippen LogP contribution in [-0.4, -0.2) is 6.04 Å². The van der Waals surface area contributed by atoms with Gasteiger partial charge in [0.25, 0.3) is 0 Å². The van der Waals surface area contributed by atoms with E-state index in [9.17, 15) is 0 Å². The molecule has 0 radical (unpaired) electrons. The van der Waals surface area contributed by atoms with Crippen LogP contribution in [0, 0.1) is 0 Å². The summed E-state index contributed by atoms with van der Waals surface area (Å²) in [5.74, 6) is 0. The van der Waals surface area contributed by atoms with Crippen molar-refractivity contribution in [3.05, 3.63) is 200 Å². The summed E-state index contributed by atoms with van der Waals surface area (Å²) in [6, 6.07) is 65.1. The number of para-hydroxylation sites is 1. The Labute approximate surface area is 328 Å². The van der Waals surface area contributed by atoms with Gasteiger partial charge in [-0.25, -0.2) is 0 Å². The van der Waals surface area contributed by atoms with Crippen LogP contribution in [0.1, 0.15) is 12.0 Å². The molecular weight excluding hydrogens is 703 g/mol. The highest BCUT2D eigenvalue weighted by Crippen LogP contribution is 2.48. The highest BCUT2D eigenvalue weighted by molar-refractivity contribution is 7.26. The zero-order valence-corrected chi connectivity index (χ0v) is 31.7. The van der Waals surface area contributed by atoms with Crippen LogP contribution in [0.25, 0.3) is 78.9 Å². The molecule has 0 saturated heterocycles. The van der Waals surface area contributed by atoms with E-state index in [2.05, 4.69) is 199 Å². The summed E-state index contributed by atoms with van der Waals surface area (Å²) in [7, 11) is 0. The molecule has 2 heterocycles. The van der Waals surface area contributed by atoms with Gasteiger partial charge in [0, 0.05) is 62.8 Å². The lowest BCUT2D eigenvalue weighted by Gasteiger charge is -2.38. The standard InChI is InChI=1S/C52H35NS2/c1-2-14-36-33-37(28-27-34(36)13-1)35-29-31-38(32-30-35)53(47-23-7-3-15-39(47)43-19-11-21-45-41-17-5-9-25-49(41)54-51(43)45)48-24-8-4-16-40(48)44-20-12-22-46-42-18-6-10-26-50(42)55-52(44)46/h1-23,25-33,48H,24H2. The smallest absolute Gasteiger partial charge is 0.0632 e. The van der Waals surface area contributed by atoms with Crippen LogP contribution < -0.4 is 4.90 Å². The molecule has 1 unspecified atom stereocenters. The normalized spacial score (nSPS) is 14.3. The molecule has 260 valence electrons. The van der Waals surface area contributed by atoms with Gasteiger partial charge in [0.15, 0.2) is 0 Å². The Bertz CT molecular complexity index is 3140. The summed E-state index contributed by atoms with van der Waals surface area (Å²) in [6.07, 6.45) is 7.84. The van der Waals surface area contributed by atoms with Gasteiger partial charge in [-0.3, -0.25) is 0 Å². The number of fused-ring (bicyclic) bond motifs is 7. The Balaban J connectivity index is 1.11. The summed E-state index contributed by atoms with van der Waals surface area (Å²) >= 11 is 3.81. The van der Waals surface area contributed by atoms with Crippen LogP contribution in [0.15, 0.2) is 194 Å². The summed E-state index contributed by atoms with van der Waals surface area (Å²) in [5, 5.41) is 7.82. The van der Waals surface area contributed by atoms with E-state index < -0.39 is 0 Å². The SMILES string of the molecule is C1=CCC(N(c2ccc(-c3ccc4ccccc4c3)cc2)c2ccccc2-c2cccc3c2sc2ccccc23)C(c2cccc3c2sc2ccccc23)=C1. The van der Waals surface area contributed by atoms with Crippen molar-refractivity contribution in [2.45, 2.75) is 12.5 Å². The number of hydrogen-bond acceptors (Lipinski definition) is 3. The van der Waals surface area contributed by atoms with Crippen molar-refractivity contribution in [2.75, 3.05) is 4.90 Å². The minimum absolute atomic E-state index is 0.0649. The van der Waals surface area contributed by atoms with Crippen LogP contribution >= 0.6 is 22.7 Å². The van der Waals surface area contributed by atoms with E-state index in [1.807, 2.05) is 22.7 Å². The highest BCUT2D eigenvalue weighted by Gasteiger charge is 2.29. The van der Waals surface area contributed by atoms with Crippen molar-refractivity contribution in [3.63, 3.8) is 0 Å². The van der Waals surface area contributed by atoms with E-state index in [0.29, 0.717) is 0 Å². The number of nitrogens with zero attached hydrogens (tertiary/aromatic N) is 1. The summed E-state index contributed by atoms with van der Waals surface area (Å²) in [4.78, 5) is 2.62. The van der Waals surface area contributed by atoms with Crippen molar-refractivity contribution >= 4 is 90.7 Å². The molecule has 1 nitrogen and oxygen atoms in total. The molecule has 1 aliphatic carbocycles. The zero-order valence-electron chi connectivity index (χ0n) is 30.0. The first-order valence-corrected chi connectivity index (χ1v) is 20.6. The van der Waals surface area contributed by atoms with Gasteiger partial charge in [-0.15, -0.1) is 22.7 Å². The largest absolute Gasteiger partial charge is 0.333 e. The van der Waals surface area contributed by atoms with Crippen LogP contribution in [0.3, 0.4) is 0 Å². The molecule has 10 aromatic rings. The number of rotatable bonds is 6. The Morgan fingerprint density at radius 2 is 1.04 bits per heavy atom. The van der Waals surface area contributed by atoms with Crippen LogP contribution in [0.4, 0.5) is 11.4 Å². The molecule has 11 rings (SSSR count). The molecule has 0 N–H and O–H groups in total. The molecule has 1 aliphatic rings. The first-order valence-electron chi connectivity index (χ1n) is 18.9. The van der Waals surface area contributed by atoms with Gasteiger partial charge in [0.2, 0.25) is 0 Å². The lowest BCUT2D eigenvalue weighted by molar-refractivity contribution is 0.804. The summed E-state index contributed by atoms with van der Waals surface area (Å²) in [6.45, 7) is 0. The molecule has 1 atom stereocenters. The second-order valence-corrected chi connectivity index (χ2v) is 16.5. The predicted molar refractivity (Wildman–Crippen MR) is 241 cm³/mol. The average molecular weight is 738 g/mol. The predicted octanol–water partition coefficient (Wildman–Crippen LogP) is 15.5. The topological polar surface area (TPSA) is 3.24 Å². The number of benzene rings is 8. The molecule has 8 aromatic carbocycles. The maximum atomic E-state index is 2.62. The van der Waals surface area contributed by atoms with E-state index in [-0.39, 0.29) is 6.04 Å². The van der Waals surface area contributed by atoms with E-state index >= 15 is 0 Å². The van der Waals surface area contributed by atoms with Crippen molar-refractivity contribution in [2.24, 2.45) is 0 Å². The molecule has 2 aromatic heterocycles. The number of allylic oxidation sites excluding steroid dienone is 2. The molecule has 0 saturated carbocycles. The molecule has 3 heteroatoms. The number of anilines is 2. The second kappa shape index (κ2) is 13.2. The monoisotopic (exact) mass is 737 g/mol. The summed E-state index contributed by atoms with van der Waals surface area (Å²) in [5.41, 5.74) is 10.0. The molecule has 0 aliphatic heterocycles. The minimum Gasteiger partial charge on any atom is -0.333 e. The van der Waals surface area contributed by atoms with Crippen molar-refractivity contribution in [1.29, 1.82) is 0 Å². The third-order valence-electron chi connectivity index (χ3n) is 11.2. The van der Waals surface area contributed by atoms with Gasteiger partial charge in [0.05, 0.1) is 6.04 Å². The summed E-state index contributed by atoms with van der Waals surface area (Å²) < 4.78 is 5.33. The maximum absolute atomic E-state index is 2.62. The van der Waals surface area contributed by atoms with Gasteiger partial charge < -0.3 is 4.90 Å². The third-order valence-corrected chi connectivity index (χ3v) is 13.7. The van der Waals surface area contributed by atoms with Crippen molar-refractivity contribution < 1.29 is 0 Å².